The minimum Gasteiger partial charge on any atom is -0.425 e. The molecule has 0 aliphatic carbocycles. The molecule has 0 fully saturated rings. The number of hydrogen-bond acceptors (Lipinski definition) is 4. The summed E-state index contributed by atoms with van der Waals surface area (Å²) in [5.41, 5.74) is 0.357. The smallest absolute Gasteiger partial charge is 0.311 e. The van der Waals surface area contributed by atoms with Crippen LogP contribution in [0.15, 0.2) is 47.3 Å². The number of H-pyrrole nitrogens is 1. The summed E-state index contributed by atoms with van der Waals surface area (Å²) in [6, 6.07) is 11.6. The Morgan fingerprint density at radius 2 is 1.96 bits per heavy atom. The second kappa shape index (κ2) is 7.03. The highest BCUT2D eigenvalue weighted by Gasteiger charge is 2.11. The van der Waals surface area contributed by atoms with Gasteiger partial charge in [-0.05, 0) is 30.3 Å². The van der Waals surface area contributed by atoms with Crippen LogP contribution in [0.1, 0.15) is 12.2 Å². The number of halogens is 2. The van der Waals surface area contributed by atoms with E-state index in [0.717, 1.165) is 0 Å². The molecule has 122 valence electrons. The normalized spacial score (nSPS) is 10.8. The van der Waals surface area contributed by atoms with Crippen molar-refractivity contribution in [3.05, 3.63) is 68.7 Å². The quantitative estimate of drug-likeness (QED) is 0.566. The van der Waals surface area contributed by atoms with Crippen LogP contribution in [-0.4, -0.2) is 15.9 Å². The molecule has 1 aromatic heterocycles. The highest BCUT2D eigenvalue weighted by Crippen LogP contribution is 2.27. The molecule has 0 saturated heterocycles. The van der Waals surface area contributed by atoms with E-state index in [1.807, 2.05) is 0 Å². The van der Waals surface area contributed by atoms with Crippen molar-refractivity contribution < 1.29 is 9.53 Å². The first-order valence-corrected chi connectivity index (χ1v) is 7.92. The molecule has 24 heavy (non-hydrogen) atoms. The second-order valence-corrected chi connectivity index (χ2v) is 5.92. The number of rotatable bonds is 4. The van der Waals surface area contributed by atoms with Gasteiger partial charge < -0.3 is 9.72 Å². The van der Waals surface area contributed by atoms with Crippen LogP contribution in [0.2, 0.25) is 10.0 Å². The Labute approximate surface area is 147 Å². The van der Waals surface area contributed by atoms with Crippen LogP contribution in [0.25, 0.3) is 10.9 Å². The van der Waals surface area contributed by atoms with Gasteiger partial charge in [-0.3, -0.25) is 9.59 Å². The van der Waals surface area contributed by atoms with E-state index >= 15 is 0 Å². The maximum Gasteiger partial charge on any atom is 0.311 e. The summed E-state index contributed by atoms with van der Waals surface area (Å²) in [6.07, 6.45) is 0.310. The lowest BCUT2D eigenvalue weighted by molar-refractivity contribution is -0.134. The van der Waals surface area contributed by atoms with E-state index in [1.54, 1.807) is 30.3 Å². The number of benzene rings is 2. The summed E-state index contributed by atoms with van der Waals surface area (Å²) in [5, 5.41) is 1.22. The van der Waals surface area contributed by atoms with E-state index in [9.17, 15) is 9.59 Å². The van der Waals surface area contributed by atoms with Crippen molar-refractivity contribution in [2.24, 2.45) is 0 Å². The molecule has 5 nitrogen and oxygen atoms in total. The highest BCUT2D eigenvalue weighted by atomic mass is 35.5. The van der Waals surface area contributed by atoms with E-state index in [1.165, 1.54) is 12.1 Å². The van der Waals surface area contributed by atoms with Crippen LogP contribution in [-0.2, 0) is 11.2 Å². The van der Waals surface area contributed by atoms with Gasteiger partial charge in [0.25, 0.3) is 5.56 Å². The van der Waals surface area contributed by atoms with Crippen LogP contribution in [0, 0.1) is 0 Å². The number of ether oxygens (including phenoxy) is 1. The zero-order valence-electron chi connectivity index (χ0n) is 12.4. The van der Waals surface area contributed by atoms with Crippen molar-refractivity contribution in [2.75, 3.05) is 0 Å². The van der Waals surface area contributed by atoms with Crippen molar-refractivity contribution >= 4 is 40.1 Å². The lowest BCUT2D eigenvalue weighted by atomic mass is 10.2. The van der Waals surface area contributed by atoms with Crippen molar-refractivity contribution in [1.29, 1.82) is 0 Å². The van der Waals surface area contributed by atoms with Crippen molar-refractivity contribution in [1.82, 2.24) is 9.97 Å². The molecule has 0 spiro atoms. The molecule has 3 rings (SSSR count). The molecule has 2 aromatic carbocycles. The first kappa shape index (κ1) is 16.5. The topological polar surface area (TPSA) is 72.0 Å². The van der Waals surface area contributed by atoms with E-state index in [2.05, 4.69) is 9.97 Å². The fraction of sp³-hybridized carbons (Fsp3) is 0.118. The standard InChI is InChI=1S/C17H12Cl2N2O3/c18-10-5-6-14(12(19)9-10)24-16(22)8-7-15-20-13-4-2-1-3-11(13)17(23)21-15/h1-6,9H,7-8H2,(H,20,21,23). The SMILES string of the molecule is O=C(CCc1nc2ccccc2c(=O)[nH]1)Oc1ccc(Cl)cc1Cl. The third kappa shape index (κ3) is 3.75. The van der Waals surface area contributed by atoms with Crippen LogP contribution < -0.4 is 10.3 Å². The van der Waals surface area contributed by atoms with Crippen LogP contribution in [0.3, 0.4) is 0 Å². The average molecular weight is 363 g/mol. The number of para-hydroxylation sites is 1. The van der Waals surface area contributed by atoms with E-state index in [0.29, 0.717) is 21.7 Å². The van der Waals surface area contributed by atoms with Crippen LogP contribution in [0.5, 0.6) is 5.75 Å². The molecule has 0 atom stereocenters. The fourth-order valence-electron chi connectivity index (χ4n) is 2.21. The molecular formula is C17H12Cl2N2O3. The minimum atomic E-state index is -0.477. The van der Waals surface area contributed by atoms with Gasteiger partial charge in [-0.2, -0.15) is 0 Å². The number of nitrogens with one attached hydrogen (secondary N) is 1. The van der Waals surface area contributed by atoms with Gasteiger partial charge in [-0.25, -0.2) is 4.98 Å². The van der Waals surface area contributed by atoms with Gasteiger partial charge in [0.2, 0.25) is 0 Å². The molecule has 1 heterocycles. The van der Waals surface area contributed by atoms with Crippen molar-refractivity contribution in [2.45, 2.75) is 12.8 Å². The van der Waals surface area contributed by atoms with Gasteiger partial charge >= 0.3 is 5.97 Å². The zero-order chi connectivity index (χ0) is 17.1. The molecule has 0 radical (unpaired) electrons. The van der Waals surface area contributed by atoms with E-state index in [-0.39, 0.29) is 29.2 Å². The Morgan fingerprint density at radius 1 is 1.17 bits per heavy atom. The Bertz CT molecular complexity index is 969. The summed E-state index contributed by atoms with van der Waals surface area (Å²) in [7, 11) is 0. The fourth-order valence-corrected chi connectivity index (χ4v) is 2.65. The lowest BCUT2D eigenvalue weighted by Crippen LogP contribution is -2.15. The number of carbonyl (C=O) groups is 1. The molecule has 3 aromatic rings. The molecule has 7 heteroatoms. The molecule has 0 bridgehead atoms. The maximum absolute atomic E-state index is 12.0. The number of aromatic amines is 1. The molecule has 0 amide bonds. The summed E-state index contributed by atoms with van der Waals surface area (Å²) in [6.45, 7) is 0. The highest BCUT2D eigenvalue weighted by molar-refractivity contribution is 6.35. The van der Waals surface area contributed by atoms with Crippen molar-refractivity contribution in [3.8, 4) is 5.75 Å². The Balaban J connectivity index is 1.69. The zero-order valence-corrected chi connectivity index (χ0v) is 13.9. The van der Waals surface area contributed by atoms with Crippen LogP contribution in [0.4, 0.5) is 0 Å². The molecule has 1 N–H and O–H groups in total. The van der Waals surface area contributed by atoms with Crippen molar-refractivity contribution in [3.63, 3.8) is 0 Å². The Morgan fingerprint density at radius 3 is 2.75 bits per heavy atom. The second-order valence-electron chi connectivity index (χ2n) is 5.08. The number of aryl methyl sites for hydroxylation is 1. The monoisotopic (exact) mass is 362 g/mol. The number of nitrogens with zero attached hydrogens (tertiary/aromatic N) is 1. The van der Waals surface area contributed by atoms with Gasteiger partial charge in [0.1, 0.15) is 11.6 Å². The summed E-state index contributed by atoms with van der Waals surface area (Å²) in [5.74, 6) is 0.193. The number of hydrogen-bond donors (Lipinski definition) is 1. The van der Waals surface area contributed by atoms with Gasteiger partial charge in [0.15, 0.2) is 0 Å². The van der Waals surface area contributed by atoms with E-state index in [4.69, 9.17) is 27.9 Å². The first-order valence-electron chi connectivity index (χ1n) is 7.16. The average Bonchev–Trinajstić information content (AvgIpc) is 2.56. The summed E-state index contributed by atoms with van der Waals surface area (Å²) in [4.78, 5) is 30.9. The maximum atomic E-state index is 12.0. The number of esters is 1. The Kier molecular flexibility index (Phi) is 4.83. The molecule has 0 unspecified atom stereocenters. The first-order chi connectivity index (χ1) is 11.5. The van der Waals surface area contributed by atoms with Gasteiger partial charge in [0.05, 0.1) is 22.3 Å². The van der Waals surface area contributed by atoms with Crippen LogP contribution >= 0.6 is 23.2 Å². The third-order valence-corrected chi connectivity index (χ3v) is 3.88. The van der Waals surface area contributed by atoms with E-state index < -0.39 is 5.97 Å². The molecule has 0 saturated carbocycles. The predicted octanol–water partition coefficient (Wildman–Crippen LogP) is 3.77. The van der Waals surface area contributed by atoms with Gasteiger partial charge in [0, 0.05) is 11.4 Å². The lowest BCUT2D eigenvalue weighted by Gasteiger charge is -2.06. The largest absolute Gasteiger partial charge is 0.425 e. The third-order valence-electron chi connectivity index (χ3n) is 3.35. The summed E-state index contributed by atoms with van der Waals surface area (Å²) < 4.78 is 5.19. The summed E-state index contributed by atoms with van der Waals surface area (Å²) >= 11 is 11.7. The number of fused-ring (bicyclic) bond motifs is 1. The molecular weight excluding hydrogens is 351 g/mol. The predicted molar refractivity (Wildman–Crippen MR) is 92.8 cm³/mol. The molecule has 0 aliphatic rings. The number of carbonyl (C=O) groups excluding carboxylic acids is 1. The minimum absolute atomic E-state index is 0.0558. The van der Waals surface area contributed by atoms with Gasteiger partial charge in [-0.15, -0.1) is 0 Å². The molecule has 0 aliphatic heterocycles. The Hall–Kier alpha value is -2.37. The van der Waals surface area contributed by atoms with Gasteiger partial charge in [-0.1, -0.05) is 35.3 Å². The number of aromatic nitrogens is 2.